The van der Waals surface area contributed by atoms with E-state index in [1.165, 1.54) is 57.8 Å². The van der Waals surface area contributed by atoms with Gasteiger partial charge in [-0.1, -0.05) is 120 Å². The second-order valence-electron chi connectivity index (χ2n) is 14.5. The second kappa shape index (κ2) is 34.4. The first-order valence-corrected chi connectivity index (χ1v) is 20.2. The van der Waals surface area contributed by atoms with Crippen molar-refractivity contribution in [1.29, 1.82) is 0 Å². The average molecular weight is 719 g/mol. The quantitative estimate of drug-likeness (QED) is 0.0301. The van der Waals surface area contributed by atoms with Gasteiger partial charge in [-0.3, -0.25) is 9.59 Å². The fraction of sp³-hybridized carbons (Fsp3) is 0.744. The minimum atomic E-state index is -0.886. The number of carboxylic acids is 1. The Morgan fingerprint density at radius 2 is 1.08 bits per heavy atom. The van der Waals surface area contributed by atoms with Gasteiger partial charge in [-0.2, -0.15) is 0 Å². The Hall–Kier alpha value is -2.71. The molecular weight excluding hydrogens is 642 g/mol. The summed E-state index contributed by atoms with van der Waals surface area (Å²) in [7, 11) is 5.49. The molecule has 0 rings (SSSR count). The molecule has 0 amide bonds. The van der Waals surface area contributed by atoms with Crippen LogP contribution < -0.4 is 0 Å². The number of rotatable bonds is 35. The summed E-state index contributed by atoms with van der Waals surface area (Å²) in [4.78, 5) is 36.8. The maximum absolute atomic E-state index is 12.6. The zero-order valence-corrected chi connectivity index (χ0v) is 33.3. The molecule has 0 saturated carbocycles. The van der Waals surface area contributed by atoms with Gasteiger partial charge in [-0.15, -0.1) is 0 Å². The lowest BCUT2D eigenvalue weighted by molar-refractivity contribution is -0.887. The van der Waals surface area contributed by atoms with Gasteiger partial charge in [-0.05, 0) is 64.2 Å². The first kappa shape index (κ1) is 48.3. The third-order valence-corrected chi connectivity index (χ3v) is 8.70. The molecule has 0 heterocycles. The largest absolute Gasteiger partial charge is 0.477 e. The van der Waals surface area contributed by atoms with Crippen LogP contribution in [0.1, 0.15) is 155 Å². The molecule has 0 aromatic carbocycles. The molecule has 0 fully saturated rings. The van der Waals surface area contributed by atoms with E-state index in [0.29, 0.717) is 19.3 Å². The maximum atomic E-state index is 12.6. The maximum Gasteiger partial charge on any atom is 0.362 e. The molecule has 0 saturated heterocycles. The lowest BCUT2D eigenvalue weighted by atomic mass is 10.1. The van der Waals surface area contributed by atoms with Gasteiger partial charge in [0.1, 0.15) is 6.61 Å². The predicted molar refractivity (Wildman–Crippen MR) is 211 cm³/mol. The van der Waals surface area contributed by atoms with Crippen molar-refractivity contribution in [2.45, 2.75) is 167 Å². The number of carbonyl (C=O) groups excluding carboxylic acids is 2. The number of likely N-dealkylation sites (N-methyl/N-ethyl adjacent to an activating group) is 1. The Bertz CT molecular complexity index is 979. The minimum Gasteiger partial charge on any atom is -0.477 e. The minimum absolute atomic E-state index is 0.0397. The molecule has 0 aliphatic rings. The van der Waals surface area contributed by atoms with Crippen molar-refractivity contribution < 1.29 is 38.2 Å². The van der Waals surface area contributed by atoms with Crippen molar-refractivity contribution in [3.63, 3.8) is 0 Å². The van der Waals surface area contributed by atoms with E-state index in [4.69, 9.17) is 14.2 Å². The molecule has 294 valence electrons. The van der Waals surface area contributed by atoms with Gasteiger partial charge in [-0.25, -0.2) is 4.79 Å². The first-order valence-electron chi connectivity index (χ1n) is 20.2. The van der Waals surface area contributed by atoms with E-state index in [1.807, 2.05) is 21.1 Å². The van der Waals surface area contributed by atoms with E-state index in [1.54, 1.807) is 0 Å². The van der Waals surface area contributed by atoms with Crippen molar-refractivity contribution in [3.05, 3.63) is 48.6 Å². The van der Waals surface area contributed by atoms with Crippen molar-refractivity contribution in [1.82, 2.24) is 0 Å². The fourth-order valence-electron chi connectivity index (χ4n) is 5.50. The monoisotopic (exact) mass is 719 g/mol. The van der Waals surface area contributed by atoms with Crippen LogP contribution in [0.3, 0.4) is 0 Å². The Morgan fingerprint density at radius 3 is 1.67 bits per heavy atom. The van der Waals surface area contributed by atoms with E-state index in [9.17, 15) is 19.5 Å². The highest BCUT2D eigenvalue weighted by atomic mass is 16.6. The molecule has 0 aromatic heterocycles. The first-order chi connectivity index (χ1) is 24.6. The Morgan fingerprint density at radius 1 is 0.588 bits per heavy atom. The molecule has 0 radical (unpaired) electrons. The van der Waals surface area contributed by atoms with Gasteiger partial charge in [0.2, 0.25) is 0 Å². The number of hydrogen-bond acceptors (Lipinski definition) is 6. The number of esters is 2. The van der Waals surface area contributed by atoms with Crippen LogP contribution in [0.5, 0.6) is 0 Å². The molecule has 0 spiro atoms. The number of unbranched alkanes of at least 4 members (excludes halogenated alkanes) is 13. The average Bonchev–Trinajstić information content (AvgIpc) is 3.08. The van der Waals surface area contributed by atoms with Crippen LogP contribution >= 0.6 is 0 Å². The molecule has 2 unspecified atom stereocenters. The fourth-order valence-corrected chi connectivity index (χ4v) is 5.50. The lowest BCUT2D eigenvalue weighted by Crippen LogP contribution is -2.50. The van der Waals surface area contributed by atoms with E-state index >= 15 is 0 Å². The highest BCUT2D eigenvalue weighted by Crippen LogP contribution is 2.12. The number of nitrogens with zero attached hydrogens (tertiary/aromatic N) is 1. The van der Waals surface area contributed by atoms with Gasteiger partial charge in [0.05, 0.1) is 34.4 Å². The Balaban J connectivity index is 4.46. The lowest BCUT2D eigenvalue weighted by Gasteiger charge is -2.31. The summed E-state index contributed by atoms with van der Waals surface area (Å²) in [6, 6.07) is -0.623. The molecule has 0 aliphatic heterocycles. The van der Waals surface area contributed by atoms with Gasteiger partial charge < -0.3 is 23.8 Å². The van der Waals surface area contributed by atoms with Crippen LogP contribution in [0.15, 0.2) is 48.6 Å². The summed E-state index contributed by atoms with van der Waals surface area (Å²) in [5.74, 6) is -1.56. The third kappa shape index (κ3) is 32.9. The second-order valence-corrected chi connectivity index (χ2v) is 14.5. The molecular formula is C43H76NO7+. The predicted octanol–water partition coefficient (Wildman–Crippen LogP) is 10.5. The molecule has 51 heavy (non-hydrogen) atoms. The topological polar surface area (TPSA) is 99.1 Å². The van der Waals surface area contributed by atoms with Crippen LogP contribution in [0.2, 0.25) is 0 Å². The van der Waals surface area contributed by atoms with E-state index in [0.717, 1.165) is 57.8 Å². The van der Waals surface area contributed by atoms with Crippen molar-refractivity contribution in [2.24, 2.45) is 0 Å². The Kier molecular flexibility index (Phi) is 32.6. The standard InChI is InChI=1S/C43H75NO7/c1-6-8-10-12-14-16-18-19-20-21-22-23-24-26-27-29-31-33-41(45)50-38-39(37-49-36-35-40(43(47)48)44(3,4)5)51-42(46)34-32-30-28-25-17-15-13-11-9-7-2/h13,15,19-20,22-23,26-27,39-40H,6-12,14,16-18,21,24-25,28-38H2,1-5H3/p+1/b15-13+,20-19+,23-22+,27-26+. The number of ether oxygens (including phenoxy) is 3. The van der Waals surface area contributed by atoms with Crippen molar-refractivity contribution in [3.8, 4) is 0 Å². The van der Waals surface area contributed by atoms with Crippen molar-refractivity contribution in [2.75, 3.05) is 41.0 Å². The van der Waals surface area contributed by atoms with Gasteiger partial charge in [0.15, 0.2) is 12.1 Å². The number of aliphatic carboxylic acids is 1. The smallest absolute Gasteiger partial charge is 0.362 e. The normalized spacial score (nSPS) is 13.5. The van der Waals surface area contributed by atoms with Gasteiger partial charge in [0, 0.05) is 19.3 Å². The number of carbonyl (C=O) groups is 3. The van der Waals surface area contributed by atoms with E-state index < -0.39 is 18.1 Å². The third-order valence-electron chi connectivity index (χ3n) is 8.70. The number of hydrogen-bond donors (Lipinski definition) is 1. The number of carboxylic acid groups (broad SMARTS) is 1. The summed E-state index contributed by atoms with van der Waals surface area (Å²) in [6.07, 6.45) is 38.8. The summed E-state index contributed by atoms with van der Waals surface area (Å²) in [5, 5.41) is 9.58. The van der Waals surface area contributed by atoms with Crippen LogP contribution in [-0.4, -0.2) is 80.6 Å². The van der Waals surface area contributed by atoms with Crippen LogP contribution in [0.4, 0.5) is 0 Å². The molecule has 8 heteroatoms. The van der Waals surface area contributed by atoms with E-state index in [2.05, 4.69) is 62.5 Å². The summed E-state index contributed by atoms with van der Waals surface area (Å²) >= 11 is 0. The summed E-state index contributed by atoms with van der Waals surface area (Å²) in [6.45, 7) is 4.60. The van der Waals surface area contributed by atoms with Gasteiger partial charge >= 0.3 is 17.9 Å². The van der Waals surface area contributed by atoms with Crippen molar-refractivity contribution >= 4 is 17.9 Å². The Labute approximate surface area is 312 Å². The molecule has 2 atom stereocenters. The molecule has 1 N–H and O–H groups in total. The van der Waals surface area contributed by atoms with E-state index in [-0.39, 0.29) is 42.7 Å². The SMILES string of the molecule is CCCC/C=C/CCCCCCC(=O)OC(COCCC(C(=O)O)[N+](C)(C)C)COC(=O)CCC/C=C/C/C=C/C/C=C/CCCCCCCC. The highest BCUT2D eigenvalue weighted by molar-refractivity contribution is 5.72. The van der Waals surface area contributed by atoms with Crippen LogP contribution in [0, 0.1) is 0 Å². The number of quaternary nitrogens is 1. The summed E-state index contributed by atoms with van der Waals surface area (Å²) < 4.78 is 17.1. The zero-order chi connectivity index (χ0) is 37.8. The van der Waals surface area contributed by atoms with Crippen LogP contribution in [0.25, 0.3) is 0 Å². The number of allylic oxidation sites excluding steroid dienone is 8. The molecule has 0 aromatic rings. The molecule has 0 aliphatic carbocycles. The summed E-state index contributed by atoms with van der Waals surface area (Å²) in [5.41, 5.74) is 0. The zero-order valence-electron chi connectivity index (χ0n) is 33.3. The molecule has 0 bridgehead atoms. The molecule has 8 nitrogen and oxygen atoms in total. The highest BCUT2D eigenvalue weighted by Gasteiger charge is 2.31. The van der Waals surface area contributed by atoms with Gasteiger partial charge in [0.25, 0.3) is 0 Å². The van der Waals surface area contributed by atoms with Crippen LogP contribution in [-0.2, 0) is 28.6 Å².